The van der Waals surface area contributed by atoms with Gasteiger partial charge < -0.3 is 5.48 Å². The van der Waals surface area contributed by atoms with E-state index in [9.17, 15) is 0 Å². The van der Waals surface area contributed by atoms with Crippen molar-refractivity contribution in [2.24, 2.45) is 0 Å². The third-order valence-electron chi connectivity index (χ3n) is 0.722. The van der Waals surface area contributed by atoms with Crippen LogP contribution in [0.1, 0.15) is 0 Å². The zero-order chi connectivity index (χ0) is 7.66. The van der Waals surface area contributed by atoms with Gasteiger partial charge in [-0.1, -0.05) is 36.4 Å². The topological polar surface area (TPSA) is 65.6 Å². The highest BCUT2D eigenvalue weighted by molar-refractivity contribution is 6.09. The van der Waals surface area contributed by atoms with E-state index in [2.05, 4.69) is 0 Å². The second kappa shape index (κ2) is 11.3. The molecule has 0 heterocycles. The fourth-order valence-corrected chi connectivity index (χ4v) is 0.385. The van der Waals surface area contributed by atoms with Crippen LogP contribution in [0.25, 0.3) is 0 Å². The highest BCUT2D eigenvalue weighted by Crippen LogP contribution is 1.79. The van der Waals surface area contributed by atoms with Crippen molar-refractivity contribution >= 4 is 12.6 Å². The van der Waals surface area contributed by atoms with Crippen LogP contribution in [0.15, 0.2) is 36.4 Å². The third kappa shape index (κ3) is 11.9. The van der Waals surface area contributed by atoms with Crippen LogP contribution in [0.5, 0.6) is 0 Å². The molecule has 1 rings (SSSR count). The second-order valence-electron chi connectivity index (χ2n) is 1.43. The maximum atomic E-state index is 8.81. The second-order valence-corrected chi connectivity index (χ2v) is 1.43. The van der Waals surface area contributed by atoms with Crippen LogP contribution >= 0.6 is 0 Å². The molecule has 0 bridgehead atoms. The van der Waals surface area contributed by atoms with Crippen molar-refractivity contribution in [2.75, 3.05) is 0 Å². The summed E-state index contributed by atoms with van der Waals surface area (Å²) in [6.45, 7) is 0. The summed E-state index contributed by atoms with van der Waals surface area (Å²) in [6, 6.07) is 12.0. The van der Waals surface area contributed by atoms with E-state index in [0.29, 0.717) is 0 Å². The summed E-state index contributed by atoms with van der Waals surface area (Å²) < 4.78 is 0. The number of carbonyl (C=O) groups is 2. The van der Waals surface area contributed by atoms with Crippen molar-refractivity contribution in [1.29, 1.82) is 0 Å². The van der Waals surface area contributed by atoms with E-state index >= 15 is 0 Å². The molecule has 1 aromatic rings. The lowest BCUT2D eigenvalue weighted by Crippen LogP contribution is -1.62. The molecule has 11 heavy (non-hydrogen) atoms. The minimum absolute atomic E-state index is 0. The molecule has 0 spiro atoms. The Morgan fingerprint density at radius 1 is 0.636 bits per heavy atom. The molecular weight excluding hydrogens is 144 g/mol. The zero-order valence-electron chi connectivity index (χ0n) is 5.94. The molecule has 2 N–H and O–H groups in total. The number of hydrogen-bond donors (Lipinski definition) is 0. The monoisotopic (exact) mass is 154 g/mol. The van der Waals surface area contributed by atoms with Crippen LogP contribution < -0.4 is 0 Å². The SMILES string of the molecule is O.O=CC=O.c1ccccc1. The van der Waals surface area contributed by atoms with Gasteiger partial charge in [0.2, 0.25) is 0 Å². The first-order valence-electron chi connectivity index (χ1n) is 2.80. The molecule has 0 aromatic heterocycles. The van der Waals surface area contributed by atoms with E-state index < -0.39 is 0 Å². The molecule has 3 heteroatoms. The average molecular weight is 154 g/mol. The van der Waals surface area contributed by atoms with Crippen molar-refractivity contribution in [1.82, 2.24) is 0 Å². The highest BCUT2D eigenvalue weighted by Gasteiger charge is 1.57. The lowest BCUT2D eigenvalue weighted by Gasteiger charge is -1.69. The number of hydrogen-bond acceptors (Lipinski definition) is 2. The van der Waals surface area contributed by atoms with E-state index in [0.717, 1.165) is 0 Å². The molecule has 0 saturated heterocycles. The van der Waals surface area contributed by atoms with Gasteiger partial charge in [0.25, 0.3) is 0 Å². The first-order valence-corrected chi connectivity index (χ1v) is 2.80. The van der Waals surface area contributed by atoms with Gasteiger partial charge in [0.05, 0.1) is 0 Å². The number of benzene rings is 1. The van der Waals surface area contributed by atoms with Crippen molar-refractivity contribution in [3.8, 4) is 0 Å². The molecule has 0 aliphatic rings. The van der Waals surface area contributed by atoms with Crippen molar-refractivity contribution in [3.05, 3.63) is 36.4 Å². The molecule has 0 unspecified atom stereocenters. The van der Waals surface area contributed by atoms with Crippen LogP contribution in [-0.2, 0) is 9.59 Å². The van der Waals surface area contributed by atoms with E-state index in [1.165, 1.54) is 0 Å². The summed E-state index contributed by atoms with van der Waals surface area (Å²) in [5.74, 6) is 0. The predicted octanol–water partition coefficient (Wildman–Crippen LogP) is 0.246. The molecule has 3 nitrogen and oxygen atoms in total. The highest BCUT2D eigenvalue weighted by atomic mass is 16.2. The molecule has 1 aromatic carbocycles. The lowest BCUT2D eigenvalue weighted by atomic mass is 10.4. The molecule has 60 valence electrons. The van der Waals surface area contributed by atoms with E-state index in [-0.39, 0.29) is 18.0 Å². The Morgan fingerprint density at radius 3 is 0.909 bits per heavy atom. The largest absolute Gasteiger partial charge is 0.412 e. The molecule has 0 atom stereocenters. The van der Waals surface area contributed by atoms with Gasteiger partial charge in [0.1, 0.15) is 0 Å². The first-order chi connectivity index (χ1) is 4.91. The smallest absolute Gasteiger partial charge is 0.182 e. The Labute approximate surface area is 65.0 Å². The van der Waals surface area contributed by atoms with Crippen LogP contribution in [0.2, 0.25) is 0 Å². The molecule has 0 amide bonds. The molecule has 0 saturated carbocycles. The normalized spacial score (nSPS) is 6.18. The van der Waals surface area contributed by atoms with Crippen molar-refractivity contribution in [3.63, 3.8) is 0 Å². The lowest BCUT2D eigenvalue weighted by molar-refractivity contribution is -0.122. The fourth-order valence-electron chi connectivity index (χ4n) is 0.385. The minimum atomic E-state index is 0. The number of rotatable bonds is 1. The van der Waals surface area contributed by atoms with E-state index in [4.69, 9.17) is 9.59 Å². The molecule has 0 aliphatic carbocycles. The Kier molecular flexibility index (Phi) is 12.6. The number of aldehydes is 2. The summed E-state index contributed by atoms with van der Waals surface area (Å²) in [6.07, 6.45) is 0.389. The third-order valence-corrected chi connectivity index (χ3v) is 0.722. The van der Waals surface area contributed by atoms with Crippen LogP contribution in [0, 0.1) is 0 Å². The van der Waals surface area contributed by atoms with Gasteiger partial charge in [0.15, 0.2) is 12.6 Å². The maximum absolute atomic E-state index is 8.81. The summed E-state index contributed by atoms with van der Waals surface area (Å²) in [7, 11) is 0. The Hall–Kier alpha value is -1.48. The van der Waals surface area contributed by atoms with Gasteiger partial charge in [0, 0.05) is 0 Å². The Balaban J connectivity index is 0. The standard InChI is InChI=1S/C6H6.C2H2O2.H2O/c1-2-4-6-5-3-1;3-1-2-4;/h1-6H;1-2H;1H2. The number of carbonyl (C=O) groups excluding carboxylic acids is 2. The maximum Gasteiger partial charge on any atom is 0.182 e. The molecule has 0 radical (unpaired) electrons. The van der Waals surface area contributed by atoms with Crippen LogP contribution in [0.3, 0.4) is 0 Å². The molecule has 0 aliphatic heterocycles. The van der Waals surface area contributed by atoms with Gasteiger partial charge in [-0.2, -0.15) is 0 Å². The summed E-state index contributed by atoms with van der Waals surface area (Å²) in [5.41, 5.74) is 0. The minimum Gasteiger partial charge on any atom is -0.412 e. The van der Waals surface area contributed by atoms with Gasteiger partial charge in [-0.15, -0.1) is 0 Å². The summed E-state index contributed by atoms with van der Waals surface area (Å²) >= 11 is 0. The van der Waals surface area contributed by atoms with Gasteiger partial charge in [-0.05, 0) is 0 Å². The predicted molar refractivity (Wildman–Crippen MR) is 42.2 cm³/mol. The molecular formula is C8H10O3. The van der Waals surface area contributed by atoms with E-state index in [1.807, 2.05) is 36.4 Å². The van der Waals surface area contributed by atoms with Crippen molar-refractivity contribution < 1.29 is 15.1 Å². The zero-order valence-corrected chi connectivity index (χ0v) is 5.94. The Morgan fingerprint density at radius 2 is 0.818 bits per heavy atom. The van der Waals surface area contributed by atoms with Crippen molar-refractivity contribution in [2.45, 2.75) is 0 Å². The summed E-state index contributed by atoms with van der Waals surface area (Å²) in [4.78, 5) is 17.6. The quantitative estimate of drug-likeness (QED) is 0.429. The first kappa shape index (κ1) is 12.2. The van der Waals surface area contributed by atoms with Gasteiger partial charge >= 0.3 is 0 Å². The van der Waals surface area contributed by atoms with Crippen LogP contribution in [0.4, 0.5) is 0 Å². The van der Waals surface area contributed by atoms with E-state index in [1.54, 1.807) is 0 Å². The van der Waals surface area contributed by atoms with Crippen LogP contribution in [-0.4, -0.2) is 18.0 Å². The Bertz CT molecular complexity index is 139. The fraction of sp³-hybridized carbons (Fsp3) is 0. The molecule has 0 fully saturated rings. The van der Waals surface area contributed by atoms with Gasteiger partial charge in [-0.25, -0.2) is 0 Å². The summed E-state index contributed by atoms with van der Waals surface area (Å²) in [5, 5.41) is 0. The average Bonchev–Trinajstić information content (AvgIpc) is 2.08. The van der Waals surface area contributed by atoms with Gasteiger partial charge in [-0.3, -0.25) is 9.59 Å².